The van der Waals surface area contributed by atoms with Crippen molar-refractivity contribution >= 4 is 69.9 Å². The number of thioether (sulfide) groups is 2. The van der Waals surface area contributed by atoms with Crippen molar-refractivity contribution in [2.45, 2.75) is 35.0 Å². The lowest BCUT2D eigenvalue weighted by molar-refractivity contribution is -0.150. The molecule has 0 radical (unpaired) electrons. The second-order valence-corrected chi connectivity index (χ2v) is 11.1. The lowest BCUT2D eigenvalue weighted by atomic mass is 10.0. The van der Waals surface area contributed by atoms with E-state index in [2.05, 4.69) is 10.3 Å². The third-order valence-electron chi connectivity index (χ3n) is 4.77. The van der Waals surface area contributed by atoms with Gasteiger partial charge in [-0.3, -0.25) is 19.3 Å². The van der Waals surface area contributed by atoms with Crippen LogP contribution in [-0.4, -0.2) is 55.8 Å². The number of hydrogen-bond donors (Lipinski definition) is 3. The van der Waals surface area contributed by atoms with Crippen molar-refractivity contribution in [1.29, 1.82) is 0 Å². The van der Waals surface area contributed by atoms with E-state index in [9.17, 15) is 24.3 Å². The van der Waals surface area contributed by atoms with E-state index < -0.39 is 29.2 Å². The van der Waals surface area contributed by atoms with Gasteiger partial charge in [0.1, 0.15) is 17.1 Å². The molecule has 2 aromatic rings. The first-order chi connectivity index (χ1) is 15.3. The predicted molar refractivity (Wildman–Crippen MR) is 123 cm³/mol. The van der Waals surface area contributed by atoms with Gasteiger partial charge in [0.15, 0.2) is 4.34 Å². The van der Waals surface area contributed by atoms with Gasteiger partial charge in [-0.2, -0.15) is 11.3 Å². The summed E-state index contributed by atoms with van der Waals surface area (Å²) in [7, 11) is 0. The fourth-order valence-corrected chi connectivity index (χ4v) is 7.45. The van der Waals surface area contributed by atoms with Gasteiger partial charge in [0, 0.05) is 22.5 Å². The highest BCUT2D eigenvalue weighted by Gasteiger charge is 2.54. The molecule has 0 aliphatic carbocycles. The van der Waals surface area contributed by atoms with Crippen LogP contribution in [0.3, 0.4) is 0 Å². The van der Waals surface area contributed by atoms with Crippen LogP contribution in [0.25, 0.3) is 0 Å². The van der Waals surface area contributed by atoms with Crippen LogP contribution in [0.5, 0.6) is 0 Å². The highest BCUT2D eigenvalue weighted by atomic mass is 32.2. The van der Waals surface area contributed by atoms with Crippen molar-refractivity contribution < 1.29 is 24.3 Å². The maximum atomic E-state index is 12.7. The number of nitrogens with two attached hydrogens (primary N) is 1. The SMILES string of the molecule is NC(=O)CCc1csc(SC2=C(C(=O)O)N3C(=O)[C@@H](NC(=O)Cc4ccsc4)[C@H]3SC2)n1. The standard InChI is InChI=1S/C19H18N4O5S4/c20-12(24)2-1-10-7-31-19(21-10)32-11-8-30-17-14(16(26)23(17)15(11)18(27)28)22-13(25)5-9-3-4-29-6-9/h3-4,6-7,14,17H,1-2,5,8H2,(H2,20,24)(H,22,25)(H,27,28)/t14-,17-/m1/s1. The Kier molecular flexibility index (Phi) is 6.88. The van der Waals surface area contributed by atoms with E-state index in [1.54, 1.807) is 5.38 Å². The van der Waals surface area contributed by atoms with Crippen LogP contribution in [0.15, 0.2) is 37.1 Å². The molecule has 3 amide bonds. The summed E-state index contributed by atoms with van der Waals surface area (Å²) in [5.74, 6) is -1.92. The number of carboxylic acids is 1. The average molecular weight is 511 g/mol. The minimum atomic E-state index is -1.19. The molecule has 2 aromatic heterocycles. The molecule has 0 saturated carbocycles. The van der Waals surface area contributed by atoms with E-state index in [4.69, 9.17) is 5.73 Å². The fourth-order valence-electron chi connectivity index (χ4n) is 3.28. The number of primary amides is 1. The number of aliphatic carboxylic acids is 1. The minimum absolute atomic E-state index is 0.0685. The smallest absolute Gasteiger partial charge is 0.353 e. The number of thiophene rings is 1. The summed E-state index contributed by atoms with van der Waals surface area (Å²) in [5, 5.41) is 17.6. The van der Waals surface area contributed by atoms with Gasteiger partial charge in [-0.1, -0.05) is 11.8 Å². The molecule has 1 fully saturated rings. The van der Waals surface area contributed by atoms with Gasteiger partial charge in [-0.25, -0.2) is 9.78 Å². The van der Waals surface area contributed by atoms with Gasteiger partial charge >= 0.3 is 5.97 Å². The van der Waals surface area contributed by atoms with E-state index in [0.29, 0.717) is 27.1 Å². The summed E-state index contributed by atoms with van der Waals surface area (Å²) >= 11 is 5.45. The van der Waals surface area contributed by atoms with Crippen molar-refractivity contribution in [2.75, 3.05) is 5.75 Å². The summed E-state index contributed by atoms with van der Waals surface area (Å²) in [6.07, 6.45) is 0.789. The molecule has 2 aliphatic rings. The number of rotatable bonds is 9. The zero-order valence-electron chi connectivity index (χ0n) is 16.5. The van der Waals surface area contributed by atoms with E-state index in [1.807, 2.05) is 16.8 Å². The van der Waals surface area contributed by atoms with Crippen LogP contribution in [0.4, 0.5) is 0 Å². The second-order valence-electron chi connectivity index (χ2n) is 7.01. The Hall–Kier alpha value is -2.35. The molecule has 2 aliphatic heterocycles. The lowest BCUT2D eigenvalue weighted by Crippen LogP contribution is -2.70. The molecule has 0 aromatic carbocycles. The van der Waals surface area contributed by atoms with Crippen LogP contribution >= 0.6 is 46.2 Å². The highest BCUT2D eigenvalue weighted by molar-refractivity contribution is 8.07. The maximum absolute atomic E-state index is 12.7. The number of thiazole rings is 1. The summed E-state index contributed by atoms with van der Waals surface area (Å²) in [6, 6.07) is 1.11. The quantitative estimate of drug-likeness (QED) is 0.432. The van der Waals surface area contributed by atoms with Crippen LogP contribution in [0.2, 0.25) is 0 Å². The predicted octanol–water partition coefficient (Wildman–Crippen LogP) is 1.65. The second kappa shape index (κ2) is 9.65. The summed E-state index contributed by atoms with van der Waals surface area (Å²) in [4.78, 5) is 54.1. The van der Waals surface area contributed by atoms with Gasteiger partial charge in [0.25, 0.3) is 5.91 Å². The van der Waals surface area contributed by atoms with Crippen LogP contribution in [0, 0.1) is 0 Å². The largest absolute Gasteiger partial charge is 0.477 e. The number of nitrogens with zero attached hydrogens (tertiary/aromatic N) is 2. The van der Waals surface area contributed by atoms with Crippen LogP contribution < -0.4 is 11.1 Å². The zero-order chi connectivity index (χ0) is 22.8. The topological polar surface area (TPSA) is 143 Å². The molecular formula is C19H18N4O5S4. The molecule has 9 nitrogen and oxygen atoms in total. The zero-order valence-corrected chi connectivity index (χ0v) is 19.7. The Balaban J connectivity index is 1.44. The fraction of sp³-hybridized carbons (Fsp3) is 0.316. The number of amides is 3. The third kappa shape index (κ3) is 4.85. The highest BCUT2D eigenvalue weighted by Crippen LogP contribution is 2.45. The number of aryl methyl sites for hydroxylation is 1. The number of aromatic nitrogens is 1. The van der Waals surface area contributed by atoms with Crippen molar-refractivity contribution in [3.05, 3.63) is 44.1 Å². The molecule has 168 valence electrons. The molecular weight excluding hydrogens is 493 g/mol. The van der Waals surface area contributed by atoms with E-state index in [1.165, 1.54) is 51.1 Å². The van der Waals surface area contributed by atoms with E-state index in [-0.39, 0.29) is 24.4 Å². The van der Waals surface area contributed by atoms with Gasteiger partial charge in [-0.05, 0) is 28.8 Å². The number of carbonyl (C=O) groups excluding carboxylic acids is 3. The summed E-state index contributed by atoms with van der Waals surface area (Å²) in [5.41, 5.74) is 6.68. The molecule has 4 rings (SSSR count). The van der Waals surface area contributed by atoms with Crippen molar-refractivity contribution in [2.24, 2.45) is 5.73 Å². The molecule has 1 saturated heterocycles. The van der Waals surface area contributed by atoms with Gasteiger partial charge in [-0.15, -0.1) is 23.1 Å². The van der Waals surface area contributed by atoms with Crippen LogP contribution in [-0.2, 0) is 32.0 Å². The van der Waals surface area contributed by atoms with Gasteiger partial charge in [0.2, 0.25) is 11.8 Å². The third-order valence-corrected chi connectivity index (χ3v) is 9.03. The molecule has 0 bridgehead atoms. The normalized spacial score (nSPS) is 20.0. The number of carbonyl (C=O) groups is 4. The average Bonchev–Trinajstić information content (AvgIpc) is 3.42. The number of fused-ring (bicyclic) bond motifs is 1. The molecule has 0 unspecified atom stereocenters. The Labute approximate surface area is 199 Å². The van der Waals surface area contributed by atoms with Crippen molar-refractivity contribution in [3.8, 4) is 0 Å². The number of carboxylic acid groups (broad SMARTS) is 1. The molecule has 13 heteroatoms. The molecule has 2 atom stereocenters. The lowest BCUT2D eigenvalue weighted by Gasteiger charge is -2.49. The first-order valence-electron chi connectivity index (χ1n) is 9.45. The first-order valence-corrected chi connectivity index (χ1v) is 13.1. The molecule has 32 heavy (non-hydrogen) atoms. The molecule has 4 N–H and O–H groups in total. The Morgan fingerprint density at radius 1 is 1.34 bits per heavy atom. The summed E-state index contributed by atoms with van der Waals surface area (Å²) < 4.78 is 0.630. The number of hydrogen-bond acceptors (Lipinski definition) is 9. The van der Waals surface area contributed by atoms with Crippen molar-refractivity contribution in [3.63, 3.8) is 0 Å². The molecule has 0 spiro atoms. The van der Waals surface area contributed by atoms with Gasteiger partial charge in [0.05, 0.1) is 12.1 Å². The van der Waals surface area contributed by atoms with Crippen molar-refractivity contribution in [1.82, 2.24) is 15.2 Å². The number of β-lactam (4-membered cyclic amide) rings is 1. The maximum Gasteiger partial charge on any atom is 0.353 e. The molecule has 4 heterocycles. The first kappa shape index (κ1) is 22.8. The van der Waals surface area contributed by atoms with E-state index >= 15 is 0 Å². The number of nitrogens with one attached hydrogen (secondary N) is 1. The van der Waals surface area contributed by atoms with Crippen LogP contribution in [0.1, 0.15) is 17.7 Å². The minimum Gasteiger partial charge on any atom is -0.477 e. The Bertz CT molecular complexity index is 1100. The Morgan fingerprint density at radius 3 is 2.84 bits per heavy atom. The monoisotopic (exact) mass is 510 g/mol. The van der Waals surface area contributed by atoms with Gasteiger partial charge < -0.3 is 16.2 Å². The van der Waals surface area contributed by atoms with E-state index in [0.717, 1.165) is 5.56 Å². The Morgan fingerprint density at radius 2 is 2.16 bits per heavy atom. The summed E-state index contributed by atoms with van der Waals surface area (Å²) in [6.45, 7) is 0.